The highest BCUT2D eigenvalue weighted by Crippen LogP contribution is 2.05. The van der Waals surface area contributed by atoms with Crippen LogP contribution in [0.25, 0.3) is 0 Å². The molecule has 0 aromatic heterocycles. The van der Waals surface area contributed by atoms with Crippen molar-refractivity contribution in [1.82, 2.24) is 0 Å². The Morgan fingerprint density at radius 3 is 2.31 bits per heavy atom. The summed E-state index contributed by atoms with van der Waals surface area (Å²) in [7, 11) is 0. The zero-order chi connectivity index (χ0) is 10.4. The van der Waals surface area contributed by atoms with Crippen LogP contribution in [0.5, 0.6) is 0 Å². The SMILES string of the molecule is C[C@@H](CC(=O)C(=O)O)C(=O)CC=O. The van der Waals surface area contributed by atoms with Gasteiger partial charge in [0.2, 0.25) is 5.78 Å². The Balaban J connectivity index is 4.06. The van der Waals surface area contributed by atoms with Crippen LogP contribution < -0.4 is 0 Å². The number of rotatable bonds is 6. The van der Waals surface area contributed by atoms with Crippen molar-refractivity contribution in [3.8, 4) is 0 Å². The minimum absolute atomic E-state index is 0.270. The maximum Gasteiger partial charge on any atom is 0.372 e. The molecule has 0 amide bonds. The third-order valence-corrected chi connectivity index (χ3v) is 1.56. The summed E-state index contributed by atoms with van der Waals surface area (Å²) < 4.78 is 0. The van der Waals surface area contributed by atoms with Crippen LogP contribution in [-0.4, -0.2) is 28.9 Å². The monoisotopic (exact) mass is 186 g/mol. The Morgan fingerprint density at radius 2 is 1.92 bits per heavy atom. The van der Waals surface area contributed by atoms with Gasteiger partial charge in [0.15, 0.2) is 0 Å². The summed E-state index contributed by atoms with van der Waals surface area (Å²) in [6.07, 6.45) is -0.180. The predicted octanol–water partition coefficient (Wildman–Crippen LogP) is -0.176. The highest BCUT2D eigenvalue weighted by Gasteiger charge is 2.20. The van der Waals surface area contributed by atoms with E-state index >= 15 is 0 Å². The maximum absolute atomic E-state index is 10.9. The molecule has 0 heterocycles. The van der Waals surface area contributed by atoms with E-state index in [2.05, 4.69) is 0 Å². The smallest absolute Gasteiger partial charge is 0.372 e. The largest absolute Gasteiger partial charge is 0.476 e. The Morgan fingerprint density at radius 1 is 1.38 bits per heavy atom. The summed E-state index contributed by atoms with van der Waals surface area (Å²) in [5.74, 6) is -3.67. The summed E-state index contributed by atoms with van der Waals surface area (Å²) in [5, 5.41) is 8.21. The third-order valence-electron chi connectivity index (χ3n) is 1.56. The van der Waals surface area contributed by atoms with Crippen LogP contribution in [0.15, 0.2) is 0 Å². The summed E-state index contributed by atoms with van der Waals surface area (Å²) in [5.41, 5.74) is 0. The highest BCUT2D eigenvalue weighted by atomic mass is 16.4. The normalized spacial score (nSPS) is 11.8. The standard InChI is InChI=1S/C8H10O5/c1-5(6(10)2-3-9)4-7(11)8(12)13/h3,5H,2,4H2,1H3,(H,12,13)/t5-/m0/s1. The molecule has 0 radical (unpaired) electrons. The first-order valence-corrected chi connectivity index (χ1v) is 3.71. The van der Waals surface area contributed by atoms with E-state index in [4.69, 9.17) is 5.11 Å². The molecular formula is C8H10O5. The van der Waals surface area contributed by atoms with Crippen molar-refractivity contribution in [1.29, 1.82) is 0 Å². The molecule has 0 aromatic carbocycles. The van der Waals surface area contributed by atoms with E-state index in [-0.39, 0.29) is 12.8 Å². The topological polar surface area (TPSA) is 88.5 Å². The van der Waals surface area contributed by atoms with Gasteiger partial charge < -0.3 is 9.90 Å². The van der Waals surface area contributed by atoms with Crippen molar-refractivity contribution in [3.63, 3.8) is 0 Å². The quantitative estimate of drug-likeness (QED) is 0.353. The van der Waals surface area contributed by atoms with E-state index in [1.54, 1.807) is 0 Å². The molecule has 0 aliphatic rings. The second-order valence-corrected chi connectivity index (χ2v) is 2.67. The first-order valence-electron chi connectivity index (χ1n) is 3.71. The number of aldehydes is 1. The molecule has 0 aromatic rings. The number of Topliss-reactive ketones (excluding diaryl/α,β-unsaturated/α-hetero) is 2. The van der Waals surface area contributed by atoms with Crippen molar-refractivity contribution in [2.45, 2.75) is 19.8 Å². The summed E-state index contributed by atoms with van der Waals surface area (Å²) in [6, 6.07) is 0. The van der Waals surface area contributed by atoms with Crippen LogP contribution in [0.1, 0.15) is 19.8 Å². The van der Waals surface area contributed by atoms with Gasteiger partial charge in [-0.2, -0.15) is 0 Å². The van der Waals surface area contributed by atoms with Gasteiger partial charge >= 0.3 is 5.97 Å². The molecular weight excluding hydrogens is 176 g/mol. The van der Waals surface area contributed by atoms with Crippen LogP contribution in [0.4, 0.5) is 0 Å². The fourth-order valence-electron chi connectivity index (χ4n) is 0.763. The summed E-state index contributed by atoms with van der Waals surface area (Å²) >= 11 is 0. The lowest BCUT2D eigenvalue weighted by molar-refractivity contribution is -0.149. The van der Waals surface area contributed by atoms with Crippen LogP contribution in [-0.2, 0) is 19.2 Å². The number of hydrogen-bond donors (Lipinski definition) is 1. The second-order valence-electron chi connectivity index (χ2n) is 2.67. The van der Waals surface area contributed by atoms with Gasteiger partial charge in [-0.1, -0.05) is 6.92 Å². The van der Waals surface area contributed by atoms with Crippen LogP contribution in [0.2, 0.25) is 0 Å². The number of carbonyl (C=O) groups excluding carboxylic acids is 3. The predicted molar refractivity (Wildman–Crippen MR) is 42.1 cm³/mol. The minimum Gasteiger partial charge on any atom is -0.476 e. The molecule has 0 rings (SSSR count). The fourth-order valence-corrected chi connectivity index (χ4v) is 0.763. The van der Waals surface area contributed by atoms with Crippen molar-refractivity contribution in [2.24, 2.45) is 5.92 Å². The van der Waals surface area contributed by atoms with E-state index in [9.17, 15) is 19.2 Å². The molecule has 0 fully saturated rings. The third kappa shape index (κ3) is 4.15. The minimum atomic E-state index is -1.55. The Kier molecular flexibility index (Phi) is 4.58. The van der Waals surface area contributed by atoms with Gasteiger partial charge in [-0.15, -0.1) is 0 Å². The van der Waals surface area contributed by atoms with Crippen molar-refractivity contribution in [3.05, 3.63) is 0 Å². The van der Waals surface area contributed by atoms with Crippen molar-refractivity contribution >= 4 is 23.8 Å². The summed E-state index contributed by atoms with van der Waals surface area (Å²) in [4.78, 5) is 41.5. The molecule has 1 atom stereocenters. The lowest BCUT2D eigenvalue weighted by Gasteiger charge is -2.04. The van der Waals surface area contributed by atoms with E-state index in [1.165, 1.54) is 6.92 Å². The fraction of sp³-hybridized carbons (Fsp3) is 0.500. The Bertz CT molecular complexity index is 243. The molecule has 72 valence electrons. The molecule has 0 aliphatic carbocycles. The van der Waals surface area contributed by atoms with Crippen molar-refractivity contribution < 1.29 is 24.3 Å². The molecule has 0 bridgehead atoms. The lowest BCUT2D eigenvalue weighted by Crippen LogP contribution is -2.20. The van der Waals surface area contributed by atoms with E-state index in [0.717, 1.165) is 0 Å². The molecule has 0 saturated carbocycles. The van der Waals surface area contributed by atoms with Gasteiger partial charge in [-0.25, -0.2) is 4.79 Å². The first kappa shape index (κ1) is 11.5. The number of hydrogen-bond acceptors (Lipinski definition) is 4. The van der Waals surface area contributed by atoms with E-state index in [0.29, 0.717) is 6.29 Å². The average molecular weight is 186 g/mol. The van der Waals surface area contributed by atoms with Crippen molar-refractivity contribution in [2.75, 3.05) is 0 Å². The van der Waals surface area contributed by atoms with Crippen LogP contribution >= 0.6 is 0 Å². The average Bonchev–Trinajstić information content (AvgIpc) is 2.04. The zero-order valence-corrected chi connectivity index (χ0v) is 7.15. The lowest BCUT2D eigenvalue weighted by atomic mass is 9.98. The first-order chi connectivity index (χ1) is 5.99. The van der Waals surface area contributed by atoms with Crippen LogP contribution in [0.3, 0.4) is 0 Å². The Hall–Kier alpha value is -1.52. The van der Waals surface area contributed by atoms with Gasteiger partial charge in [0.25, 0.3) is 0 Å². The number of ketones is 2. The molecule has 0 spiro atoms. The molecule has 0 aliphatic heterocycles. The second kappa shape index (κ2) is 5.18. The molecule has 13 heavy (non-hydrogen) atoms. The van der Waals surface area contributed by atoms with Gasteiger partial charge in [-0.05, 0) is 0 Å². The van der Waals surface area contributed by atoms with E-state index < -0.39 is 23.5 Å². The Labute approximate surface area is 74.7 Å². The number of carboxylic acids is 1. The van der Waals surface area contributed by atoms with Gasteiger partial charge in [0.1, 0.15) is 12.1 Å². The number of carbonyl (C=O) groups is 4. The molecule has 0 unspecified atom stereocenters. The summed E-state index contributed by atoms with van der Waals surface area (Å²) in [6.45, 7) is 1.42. The number of aliphatic carboxylic acids is 1. The molecule has 5 heteroatoms. The number of carboxylic acid groups (broad SMARTS) is 1. The van der Waals surface area contributed by atoms with Gasteiger partial charge in [-0.3, -0.25) is 9.59 Å². The maximum atomic E-state index is 10.9. The van der Waals surface area contributed by atoms with Gasteiger partial charge in [0, 0.05) is 12.3 Å². The molecule has 0 saturated heterocycles. The van der Waals surface area contributed by atoms with Crippen LogP contribution in [0, 0.1) is 5.92 Å². The molecule has 5 nitrogen and oxygen atoms in total. The van der Waals surface area contributed by atoms with Gasteiger partial charge in [0.05, 0.1) is 6.42 Å². The van der Waals surface area contributed by atoms with E-state index in [1.807, 2.05) is 0 Å². The molecule has 1 N–H and O–H groups in total. The highest BCUT2D eigenvalue weighted by molar-refractivity contribution is 6.33. The zero-order valence-electron chi connectivity index (χ0n) is 7.15.